The van der Waals surface area contributed by atoms with Crippen LogP contribution in [0.2, 0.25) is 0 Å². The van der Waals surface area contributed by atoms with Gasteiger partial charge in [0.25, 0.3) is 0 Å². The van der Waals surface area contributed by atoms with Crippen molar-refractivity contribution in [2.45, 2.75) is 29.2 Å². The van der Waals surface area contributed by atoms with Gasteiger partial charge in [-0.3, -0.25) is 4.79 Å². The number of aliphatic hydroxyl groups excluding tert-OH is 1. The van der Waals surface area contributed by atoms with Crippen LogP contribution in [-0.2, 0) is 4.79 Å². The van der Waals surface area contributed by atoms with E-state index in [1.165, 1.54) is 4.21 Å². The van der Waals surface area contributed by atoms with Crippen LogP contribution in [-0.4, -0.2) is 28.9 Å². The SMILES string of the molecule is O=C(CSc1cccs1)NC1CC(O)C1. The van der Waals surface area contributed by atoms with E-state index in [1.807, 2.05) is 17.5 Å². The van der Waals surface area contributed by atoms with Gasteiger partial charge < -0.3 is 10.4 Å². The van der Waals surface area contributed by atoms with E-state index in [-0.39, 0.29) is 18.1 Å². The molecule has 0 unspecified atom stereocenters. The third-order valence-electron chi connectivity index (χ3n) is 2.32. The fourth-order valence-corrected chi connectivity index (χ4v) is 3.05. The van der Waals surface area contributed by atoms with Crippen LogP contribution in [0, 0.1) is 0 Å². The molecule has 3 nitrogen and oxygen atoms in total. The molecule has 1 fully saturated rings. The Balaban J connectivity index is 1.65. The molecule has 1 aromatic heterocycles. The largest absolute Gasteiger partial charge is 0.393 e. The topological polar surface area (TPSA) is 49.3 Å². The maximum atomic E-state index is 11.4. The van der Waals surface area contributed by atoms with Gasteiger partial charge in [-0.05, 0) is 24.3 Å². The van der Waals surface area contributed by atoms with E-state index in [9.17, 15) is 4.79 Å². The number of nitrogens with one attached hydrogen (secondary N) is 1. The fourth-order valence-electron chi connectivity index (χ4n) is 1.46. The molecule has 2 rings (SSSR count). The number of thioether (sulfide) groups is 1. The molecule has 0 aromatic carbocycles. The van der Waals surface area contributed by atoms with E-state index < -0.39 is 0 Å². The molecule has 5 heteroatoms. The number of thiophene rings is 1. The van der Waals surface area contributed by atoms with Crippen LogP contribution in [0.25, 0.3) is 0 Å². The monoisotopic (exact) mass is 243 g/mol. The molecule has 1 heterocycles. The van der Waals surface area contributed by atoms with Gasteiger partial charge in [-0.15, -0.1) is 23.1 Å². The van der Waals surface area contributed by atoms with Gasteiger partial charge in [0.2, 0.25) is 5.91 Å². The average Bonchev–Trinajstić information content (AvgIpc) is 2.65. The highest BCUT2D eigenvalue weighted by atomic mass is 32.2. The zero-order chi connectivity index (χ0) is 10.7. The van der Waals surface area contributed by atoms with Crippen LogP contribution < -0.4 is 5.32 Å². The summed E-state index contributed by atoms with van der Waals surface area (Å²) in [5, 5.41) is 14.0. The van der Waals surface area contributed by atoms with Crippen LogP contribution >= 0.6 is 23.1 Å². The lowest BCUT2D eigenvalue weighted by Crippen LogP contribution is -2.47. The highest BCUT2D eigenvalue weighted by Crippen LogP contribution is 2.24. The summed E-state index contributed by atoms with van der Waals surface area (Å²) in [4.78, 5) is 11.4. The lowest BCUT2D eigenvalue weighted by atomic mass is 9.89. The van der Waals surface area contributed by atoms with Crippen molar-refractivity contribution < 1.29 is 9.90 Å². The Labute approximate surface area is 96.9 Å². The zero-order valence-corrected chi connectivity index (χ0v) is 9.81. The Hall–Kier alpha value is -0.520. The summed E-state index contributed by atoms with van der Waals surface area (Å²) in [6.07, 6.45) is 1.20. The van der Waals surface area contributed by atoms with Gasteiger partial charge in [-0.1, -0.05) is 6.07 Å². The van der Waals surface area contributed by atoms with Crippen molar-refractivity contribution in [3.8, 4) is 0 Å². The number of rotatable bonds is 4. The van der Waals surface area contributed by atoms with E-state index in [0.717, 1.165) is 0 Å². The van der Waals surface area contributed by atoms with Crippen molar-refractivity contribution in [3.63, 3.8) is 0 Å². The van der Waals surface area contributed by atoms with Gasteiger partial charge >= 0.3 is 0 Å². The van der Waals surface area contributed by atoms with Crippen LogP contribution in [0.4, 0.5) is 0 Å². The van der Waals surface area contributed by atoms with Gasteiger partial charge in [-0.2, -0.15) is 0 Å². The average molecular weight is 243 g/mol. The molecule has 0 bridgehead atoms. The van der Waals surface area contributed by atoms with Crippen molar-refractivity contribution in [3.05, 3.63) is 17.5 Å². The number of amides is 1. The Morgan fingerprint density at radius 3 is 3.07 bits per heavy atom. The van der Waals surface area contributed by atoms with Crippen LogP contribution in [0.1, 0.15) is 12.8 Å². The first kappa shape index (κ1) is 11.0. The number of carbonyl (C=O) groups is 1. The first-order chi connectivity index (χ1) is 7.24. The molecule has 0 saturated heterocycles. The lowest BCUT2D eigenvalue weighted by molar-refractivity contribution is -0.120. The number of aliphatic hydroxyl groups is 1. The van der Waals surface area contributed by atoms with Crippen molar-refractivity contribution in [2.75, 3.05) is 5.75 Å². The molecule has 0 atom stereocenters. The molecular formula is C10H13NO2S2. The molecule has 0 radical (unpaired) electrons. The Kier molecular flexibility index (Phi) is 3.66. The second-order valence-electron chi connectivity index (χ2n) is 3.61. The smallest absolute Gasteiger partial charge is 0.230 e. The summed E-state index contributed by atoms with van der Waals surface area (Å²) < 4.78 is 1.17. The van der Waals surface area contributed by atoms with Crippen LogP contribution in [0.5, 0.6) is 0 Å². The van der Waals surface area contributed by atoms with Crippen molar-refractivity contribution in [1.29, 1.82) is 0 Å². The van der Waals surface area contributed by atoms with Crippen LogP contribution in [0.3, 0.4) is 0 Å². The summed E-state index contributed by atoms with van der Waals surface area (Å²) in [5.41, 5.74) is 0. The minimum Gasteiger partial charge on any atom is -0.393 e. The second-order valence-corrected chi connectivity index (χ2v) is 5.83. The molecule has 1 aliphatic carbocycles. The van der Waals surface area contributed by atoms with Gasteiger partial charge in [0, 0.05) is 6.04 Å². The zero-order valence-electron chi connectivity index (χ0n) is 8.18. The van der Waals surface area contributed by atoms with E-state index >= 15 is 0 Å². The predicted octanol–water partition coefficient (Wildman–Crippen LogP) is 1.48. The molecule has 0 spiro atoms. The summed E-state index contributed by atoms with van der Waals surface area (Å²) in [6.45, 7) is 0. The maximum Gasteiger partial charge on any atom is 0.230 e. The highest BCUT2D eigenvalue weighted by molar-refractivity contribution is 8.01. The second kappa shape index (κ2) is 5.01. The van der Waals surface area contributed by atoms with Gasteiger partial charge in [0.05, 0.1) is 16.1 Å². The van der Waals surface area contributed by atoms with Crippen molar-refractivity contribution in [2.24, 2.45) is 0 Å². The summed E-state index contributed by atoms with van der Waals surface area (Å²) in [7, 11) is 0. The van der Waals surface area contributed by atoms with E-state index in [2.05, 4.69) is 5.32 Å². The standard InChI is InChI=1S/C10H13NO2S2/c12-8-4-7(5-8)11-9(13)6-15-10-2-1-3-14-10/h1-3,7-8,12H,4-6H2,(H,11,13). The quantitative estimate of drug-likeness (QED) is 0.788. The maximum absolute atomic E-state index is 11.4. The highest BCUT2D eigenvalue weighted by Gasteiger charge is 2.28. The molecule has 2 N–H and O–H groups in total. The van der Waals surface area contributed by atoms with Gasteiger partial charge in [-0.25, -0.2) is 0 Å². The summed E-state index contributed by atoms with van der Waals surface area (Å²) in [6, 6.07) is 4.18. The first-order valence-corrected chi connectivity index (χ1v) is 6.74. The molecule has 0 aliphatic heterocycles. The Morgan fingerprint density at radius 1 is 1.67 bits per heavy atom. The minimum absolute atomic E-state index is 0.0605. The molecule has 1 saturated carbocycles. The Morgan fingerprint density at radius 2 is 2.47 bits per heavy atom. The normalized spacial score (nSPS) is 24.6. The Bertz CT molecular complexity index is 320. The molecule has 1 amide bonds. The van der Waals surface area contributed by atoms with E-state index in [0.29, 0.717) is 18.6 Å². The lowest BCUT2D eigenvalue weighted by Gasteiger charge is -2.31. The number of hydrogen-bond acceptors (Lipinski definition) is 4. The third-order valence-corrected chi connectivity index (χ3v) is 4.45. The van der Waals surface area contributed by atoms with Gasteiger partial charge in [0.15, 0.2) is 0 Å². The third kappa shape index (κ3) is 3.22. The fraction of sp³-hybridized carbons (Fsp3) is 0.500. The van der Waals surface area contributed by atoms with Crippen LogP contribution in [0.15, 0.2) is 21.7 Å². The molecule has 1 aliphatic rings. The predicted molar refractivity (Wildman–Crippen MR) is 62.2 cm³/mol. The van der Waals surface area contributed by atoms with E-state index in [1.54, 1.807) is 23.1 Å². The van der Waals surface area contributed by atoms with Crippen molar-refractivity contribution >= 4 is 29.0 Å². The van der Waals surface area contributed by atoms with E-state index in [4.69, 9.17) is 5.11 Å². The molecular weight excluding hydrogens is 230 g/mol. The first-order valence-electron chi connectivity index (χ1n) is 4.88. The minimum atomic E-state index is -0.208. The molecule has 1 aromatic rings. The van der Waals surface area contributed by atoms with Crippen molar-refractivity contribution in [1.82, 2.24) is 5.32 Å². The molecule has 82 valence electrons. The molecule has 15 heavy (non-hydrogen) atoms. The number of carbonyl (C=O) groups excluding carboxylic acids is 1. The summed E-state index contributed by atoms with van der Waals surface area (Å²) >= 11 is 3.20. The summed E-state index contributed by atoms with van der Waals surface area (Å²) in [5.74, 6) is 0.526. The number of hydrogen-bond donors (Lipinski definition) is 2. The van der Waals surface area contributed by atoms with Gasteiger partial charge in [0.1, 0.15) is 0 Å².